The summed E-state index contributed by atoms with van der Waals surface area (Å²) in [6.45, 7) is 2.84. The van der Waals surface area contributed by atoms with Crippen LogP contribution in [-0.2, 0) is 9.53 Å². The van der Waals surface area contributed by atoms with Crippen molar-refractivity contribution < 1.29 is 14.6 Å². The number of ether oxygens (including phenoxy) is 1. The molecule has 1 heterocycles. The summed E-state index contributed by atoms with van der Waals surface area (Å²) in [6, 6.07) is 18.4. The average molecular weight is 422 g/mol. The van der Waals surface area contributed by atoms with Crippen LogP contribution < -0.4 is 0 Å². The second-order valence-corrected chi connectivity index (χ2v) is 7.02. The highest BCUT2D eigenvalue weighted by Crippen LogP contribution is 2.35. The molecule has 4 nitrogen and oxygen atoms in total. The molecule has 0 bridgehead atoms. The zero-order valence-corrected chi connectivity index (χ0v) is 17.2. The molecule has 1 aliphatic heterocycles. The van der Waals surface area contributed by atoms with Crippen molar-refractivity contribution >= 4 is 35.6 Å². The fourth-order valence-electron chi connectivity index (χ4n) is 3.47. The molecular weight excluding hydrogens is 397 g/mol. The molecule has 2 aromatic carbocycles. The maximum atomic E-state index is 10.5. The number of carboxylic acid groups (broad SMARTS) is 1. The molecule has 0 radical (unpaired) electrons. The molecule has 0 atom stereocenters. The molecule has 28 heavy (non-hydrogen) atoms. The Morgan fingerprint density at radius 3 is 2.32 bits per heavy atom. The maximum absolute atomic E-state index is 10.5. The van der Waals surface area contributed by atoms with Crippen molar-refractivity contribution in [1.82, 2.24) is 4.90 Å². The van der Waals surface area contributed by atoms with Crippen LogP contribution in [0.4, 0.5) is 0 Å². The molecule has 2 aromatic rings. The Balaban J connectivity index is 0.00000280. The van der Waals surface area contributed by atoms with Gasteiger partial charge in [-0.3, -0.25) is 0 Å². The Morgan fingerprint density at radius 1 is 1.04 bits per heavy atom. The Kier molecular flexibility index (Phi) is 9.00. The number of benzene rings is 2. The fourth-order valence-corrected chi connectivity index (χ4v) is 3.70. The second kappa shape index (κ2) is 11.2. The summed E-state index contributed by atoms with van der Waals surface area (Å²) in [5, 5.41) is 9.40. The predicted molar refractivity (Wildman–Crippen MR) is 115 cm³/mol. The first kappa shape index (κ1) is 22.4. The normalized spacial score (nSPS) is 14.4. The lowest BCUT2D eigenvalue weighted by Crippen LogP contribution is -2.34. The third-order valence-corrected chi connectivity index (χ3v) is 5.13. The van der Waals surface area contributed by atoms with Gasteiger partial charge in [0.1, 0.15) is 6.61 Å². The number of halogens is 2. The van der Waals surface area contributed by atoms with Gasteiger partial charge in [-0.1, -0.05) is 65.7 Å². The summed E-state index contributed by atoms with van der Waals surface area (Å²) in [5.41, 5.74) is 4.93. The average Bonchev–Trinajstić information content (AvgIpc) is 2.69. The monoisotopic (exact) mass is 421 g/mol. The molecule has 0 spiro atoms. The molecule has 150 valence electrons. The zero-order valence-electron chi connectivity index (χ0n) is 15.6. The highest BCUT2D eigenvalue weighted by Gasteiger charge is 2.20. The van der Waals surface area contributed by atoms with E-state index in [0.717, 1.165) is 43.1 Å². The van der Waals surface area contributed by atoms with Crippen molar-refractivity contribution in [2.45, 2.75) is 12.8 Å². The lowest BCUT2D eigenvalue weighted by Gasteiger charge is -2.30. The Hall–Kier alpha value is -1.85. The van der Waals surface area contributed by atoms with Crippen LogP contribution in [0.3, 0.4) is 0 Å². The molecule has 1 N–H and O–H groups in total. The van der Waals surface area contributed by atoms with E-state index in [-0.39, 0.29) is 19.0 Å². The Morgan fingerprint density at radius 2 is 1.68 bits per heavy atom. The van der Waals surface area contributed by atoms with Crippen molar-refractivity contribution in [2.24, 2.45) is 0 Å². The van der Waals surface area contributed by atoms with Crippen LogP contribution in [0.25, 0.3) is 5.57 Å². The lowest BCUT2D eigenvalue weighted by molar-refractivity contribution is -0.142. The lowest BCUT2D eigenvalue weighted by atomic mass is 9.88. The molecule has 3 rings (SSSR count). The van der Waals surface area contributed by atoms with Gasteiger partial charge in [0.15, 0.2) is 0 Å². The van der Waals surface area contributed by atoms with Gasteiger partial charge in [-0.05, 0) is 30.0 Å². The second-order valence-electron chi connectivity index (χ2n) is 6.61. The van der Waals surface area contributed by atoms with E-state index in [2.05, 4.69) is 35.2 Å². The third-order valence-electron chi connectivity index (χ3n) is 4.80. The van der Waals surface area contributed by atoms with Crippen LogP contribution in [0.1, 0.15) is 24.0 Å². The van der Waals surface area contributed by atoms with Crippen molar-refractivity contribution in [2.75, 3.05) is 32.8 Å². The van der Waals surface area contributed by atoms with Crippen LogP contribution >= 0.6 is 24.0 Å². The number of piperidine rings is 1. The quantitative estimate of drug-likeness (QED) is 0.654. The van der Waals surface area contributed by atoms with Gasteiger partial charge in [0.25, 0.3) is 0 Å². The van der Waals surface area contributed by atoms with E-state index in [4.69, 9.17) is 21.4 Å². The summed E-state index contributed by atoms with van der Waals surface area (Å²) in [4.78, 5) is 12.8. The van der Waals surface area contributed by atoms with Crippen LogP contribution in [0.2, 0.25) is 5.02 Å². The number of aliphatic carboxylic acids is 1. The summed E-state index contributed by atoms with van der Waals surface area (Å²) in [5.74, 6) is -0.925. The molecule has 1 fully saturated rings. The summed E-state index contributed by atoms with van der Waals surface area (Å²) in [7, 11) is 0. The largest absolute Gasteiger partial charge is 0.480 e. The van der Waals surface area contributed by atoms with Crippen molar-refractivity contribution in [3.05, 3.63) is 76.3 Å². The van der Waals surface area contributed by atoms with E-state index in [1.807, 2.05) is 24.3 Å². The Bertz CT molecular complexity index is 798. The van der Waals surface area contributed by atoms with E-state index < -0.39 is 5.97 Å². The topological polar surface area (TPSA) is 49.8 Å². The van der Waals surface area contributed by atoms with E-state index in [1.54, 1.807) is 0 Å². The number of hydrogen-bond acceptors (Lipinski definition) is 3. The van der Waals surface area contributed by atoms with Gasteiger partial charge in [-0.15, -0.1) is 12.4 Å². The van der Waals surface area contributed by atoms with Gasteiger partial charge >= 0.3 is 5.97 Å². The molecule has 6 heteroatoms. The highest BCUT2D eigenvalue weighted by molar-refractivity contribution is 6.32. The fraction of sp³-hybridized carbons (Fsp3) is 0.318. The number of carboxylic acids is 1. The van der Waals surface area contributed by atoms with Crippen LogP contribution in [0.15, 0.2) is 60.2 Å². The van der Waals surface area contributed by atoms with Gasteiger partial charge in [-0.2, -0.15) is 0 Å². The van der Waals surface area contributed by atoms with Gasteiger partial charge in [0.05, 0.1) is 6.61 Å². The minimum Gasteiger partial charge on any atom is -0.480 e. The first-order valence-electron chi connectivity index (χ1n) is 9.19. The van der Waals surface area contributed by atoms with E-state index in [0.29, 0.717) is 6.61 Å². The number of carbonyl (C=O) groups is 1. The number of hydrogen-bond donors (Lipinski definition) is 1. The summed E-state index contributed by atoms with van der Waals surface area (Å²) < 4.78 is 5.16. The third kappa shape index (κ3) is 6.08. The smallest absolute Gasteiger partial charge is 0.329 e. The first-order valence-corrected chi connectivity index (χ1v) is 9.57. The van der Waals surface area contributed by atoms with Gasteiger partial charge in [0.2, 0.25) is 0 Å². The first-order chi connectivity index (χ1) is 13.1. The minimum atomic E-state index is -0.925. The number of nitrogens with zero attached hydrogens (tertiary/aromatic N) is 1. The zero-order chi connectivity index (χ0) is 19.1. The predicted octanol–water partition coefficient (Wildman–Crippen LogP) is 4.76. The molecule has 0 aromatic heterocycles. The van der Waals surface area contributed by atoms with E-state index in [9.17, 15) is 4.79 Å². The number of likely N-dealkylation sites (tertiary alicyclic amines) is 1. The van der Waals surface area contributed by atoms with Gasteiger partial charge in [-0.25, -0.2) is 4.79 Å². The van der Waals surface area contributed by atoms with Crippen LogP contribution in [-0.4, -0.2) is 48.8 Å². The molecule has 0 unspecified atom stereocenters. The maximum Gasteiger partial charge on any atom is 0.329 e. The van der Waals surface area contributed by atoms with Crippen LogP contribution in [0.5, 0.6) is 0 Å². The van der Waals surface area contributed by atoms with Crippen molar-refractivity contribution in [3.8, 4) is 0 Å². The SMILES string of the molecule is Cl.O=C(O)COCCN1CCC(=C(c2ccccc2)c2ccccc2Cl)CC1. The highest BCUT2D eigenvalue weighted by atomic mass is 35.5. The minimum absolute atomic E-state index is 0. The molecule has 0 saturated carbocycles. The molecule has 0 amide bonds. The molecule has 1 saturated heterocycles. The van der Waals surface area contributed by atoms with Gasteiger partial charge < -0.3 is 14.7 Å². The van der Waals surface area contributed by atoms with Crippen LogP contribution in [0, 0.1) is 0 Å². The summed E-state index contributed by atoms with van der Waals surface area (Å²) >= 11 is 6.52. The molecule has 1 aliphatic rings. The standard InChI is InChI=1S/C22H24ClNO3.ClH/c23-20-9-5-4-8-19(20)22(17-6-2-1-3-7-17)18-10-12-24(13-11-18)14-15-27-16-21(25)26;/h1-9H,10-16H2,(H,25,26);1H. The van der Waals surface area contributed by atoms with Crippen molar-refractivity contribution in [1.29, 1.82) is 0 Å². The summed E-state index contributed by atoms with van der Waals surface area (Å²) in [6.07, 6.45) is 1.93. The molecule has 0 aliphatic carbocycles. The Labute approximate surface area is 177 Å². The van der Waals surface area contributed by atoms with E-state index in [1.165, 1.54) is 16.7 Å². The van der Waals surface area contributed by atoms with Crippen molar-refractivity contribution in [3.63, 3.8) is 0 Å². The number of rotatable bonds is 7. The molecular formula is C22H25Cl2NO3. The van der Waals surface area contributed by atoms with Gasteiger partial charge in [0, 0.05) is 30.2 Å². The van der Waals surface area contributed by atoms with E-state index >= 15 is 0 Å².